The molecule has 156 valence electrons. The van der Waals surface area contributed by atoms with Crippen molar-refractivity contribution in [3.8, 4) is 5.75 Å². The molecule has 0 aromatic heterocycles. The van der Waals surface area contributed by atoms with Crippen molar-refractivity contribution >= 4 is 23.9 Å². The van der Waals surface area contributed by atoms with E-state index in [9.17, 15) is 14.4 Å². The zero-order valence-corrected chi connectivity index (χ0v) is 17.0. The predicted molar refractivity (Wildman–Crippen MR) is 112 cm³/mol. The van der Waals surface area contributed by atoms with Gasteiger partial charge in [0, 0.05) is 37.8 Å². The summed E-state index contributed by atoms with van der Waals surface area (Å²) < 4.78 is 9.78. The molecule has 0 unspecified atom stereocenters. The van der Waals surface area contributed by atoms with Crippen LogP contribution in [0.1, 0.15) is 26.3 Å². The maximum absolute atomic E-state index is 12.7. The Morgan fingerprint density at radius 2 is 1.37 bits per heavy atom. The number of hydrogen-bond acceptors (Lipinski definition) is 5. The number of carbonyl (C=O) groups excluding carboxylic acids is 3. The molecule has 0 atom stereocenters. The zero-order chi connectivity index (χ0) is 21.5. The molecule has 1 saturated heterocycles. The summed E-state index contributed by atoms with van der Waals surface area (Å²) >= 11 is 0. The van der Waals surface area contributed by atoms with Gasteiger partial charge in [0.15, 0.2) is 0 Å². The second kappa shape index (κ2) is 9.73. The van der Waals surface area contributed by atoms with E-state index in [0.29, 0.717) is 37.3 Å². The average molecular weight is 408 g/mol. The maximum Gasteiger partial charge on any atom is 0.337 e. The third-order valence-electron chi connectivity index (χ3n) is 4.97. The predicted octanol–water partition coefficient (Wildman–Crippen LogP) is 2.48. The Kier molecular flexibility index (Phi) is 6.85. The fourth-order valence-electron chi connectivity index (χ4n) is 3.17. The van der Waals surface area contributed by atoms with E-state index in [4.69, 9.17) is 4.74 Å². The van der Waals surface area contributed by atoms with Crippen LogP contribution in [0.2, 0.25) is 0 Å². The number of carbonyl (C=O) groups is 3. The van der Waals surface area contributed by atoms with Crippen LogP contribution in [0.25, 0.3) is 6.08 Å². The number of esters is 1. The largest absolute Gasteiger partial charge is 0.497 e. The number of amides is 2. The minimum absolute atomic E-state index is 0.0830. The summed E-state index contributed by atoms with van der Waals surface area (Å²) in [6, 6.07) is 13.8. The van der Waals surface area contributed by atoms with Gasteiger partial charge in [-0.25, -0.2) is 4.79 Å². The molecular weight excluding hydrogens is 384 g/mol. The first-order valence-electron chi connectivity index (χ1n) is 9.60. The van der Waals surface area contributed by atoms with Gasteiger partial charge in [0.25, 0.3) is 5.91 Å². The molecule has 2 aromatic carbocycles. The van der Waals surface area contributed by atoms with Crippen molar-refractivity contribution in [2.24, 2.45) is 0 Å². The summed E-state index contributed by atoms with van der Waals surface area (Å²) in [4.78, 5) is 40.1. The lowest BCUT2D eigenvalue weighted by atomic mass is 10.1. The van der Waals surface area contributed by atoms with Crippen LogP contribution in [0.4, 0.5) is 0 Å². The highest BCUT2D eigenvalue weighted by Crippen LogP contribution is 2.14. The number of ether oxygens (including phenoxy) is 2. The maximum atomic E-state index is 12.7. The van der Waals surface area contributed by atoms with Gasteiger partial charge in [-0.2, -0.15) is 0 Å². The van der Waals surface area contributed by atoms with Gasteiger partial charge in [-0.3, -0.25) is 9.59 Å². The third-order valence-corrected chi connectivity index (χ3v) is 4.97. The minimum Gasteiger partial charge on any atom is -0.497 e. The fraction of sp³-hybridized carbons (Fsp3) is 0.261. The van der Waals surface area contributed by atoms with Crippen LogP contribution >= 0.6 is 0 Å². The van der Waals surface area contributed by atoms with Crippen LogP contribution < -0.4 is 4.74 Å². The lowest BCUT2D eigenvalue weighted by molar-refractivity contribution is -0.127. The van der Waals surface area contributed by atoms with Gasteiger partial charge in [0.1, 0.15) is 5.75 Å². The van der Waals surface area contributed by atoms with Gasteiger partial charge in [-0.15, -0.1) is 0 Å². The third kappa shape index (κ3) is 5.05. The van der Waals surface area contributed by atoms with E-state index in [2.05, 4.69) is 4.74 Å². The van der Waals surface area contributed by atoms with Crippen LogP contribution in [0, 0.1) is 0 Å². The Morgan fingerprint density at radius 3 is 1.93 bits per heavy atom. The summed E-state index contributed by atoms with van der Waals surface area (Å²) in [5.41, 5.74) is 1.81. The van der Waals surface area contributed by atoms with Crippen molar-refractivity contribution in [2.45, 2.75) is 0 Å². The van der Waals surface area contributed by atoms with E-state index in [-0.39, 0.29) is 11.8 Å². The molecule has 2 amide bonds. The molecule has 0 saturated carbocycles. The molecule has 30 heavy (non-hydrogen) atoms. The Hall–Kier alpha value is -3.61. The fourth-order valence-corrected chi connectivity index (χ4v) is 3.17. The molecule has 2 aromatic rings. The van der Waals surface area contributed by atoms with E-state index >= 15 is 0 Å². The van der Waals surface area contributed by atoms with E-state index in [1.807, 2.05) is 24.3 Å². The lowest BCUT2D eigenvalue weighted by Crippen LogP contribution is -2.50. The molecule has 7 nitrogen and oxygen atoms in total. The molecule has 3 rings (SSSR count). The quantitative estimate of drug-likeness (QED) is 0.561. The van der Waals surface area contributed by atoms with Crippen molar-refractivity contribution in [1.82, 2.24) is 9.80 Å². The van der Waals surface area contributed by atoms with Gasteiger partial charge >= 0.3 is 5.97 Å². The van der Waals surface area contributed by atoms with Gasteiger partial charge in [0.05, 0.1) is 19.8 Å². The van der Waals surface area contributed by atoms with Crippen molar-refractivity contribution in [3.63, 3.8) is 0 Å². The van der Waals surface area contributed by atoms with Gasteiger partial charge in [-0.1, -0.05) is 12.1 Å². The van der Waals surface area contributed by atoms with E-state index in [1.165, 1.54) is 7.11 Å². The highest BCUT2D eigenvalue weighted by atomic mass is 16.5. The monoisotopic (exact) mass is 408 g/mol. The SMILES string of the molecule is COC(=O)c1ccc(C(=O)N2CCN(C(=O)/C=C/c3ccc(OC)cc3)CC2)cc1. The lowest BCUT2D eigenvalue weighted by Gasteiger charge is -2.34. The number of hydrogen-bond donors (Lipinski definition) is 0. The molecule has 0 aliphatic carbocycles. The highest BCUT2D eigenvalue weighted by molar-refractivity contribution is 5.96. The number of methoxy groups -OCH3 is 2. The zero-order valence-electron chi connectivity index (χ0n) is 17.0. The Bertz CT molecular complexity index is 927. The normalized spacial score (nSPS) is 13.9. The molecule has 0 radical (unpaired) electrons. The average Bonchev–Trinajstić information content (AvgIpc) is 2.82. The van der Waals surface area contributed by atoms with Crippen LogP contribution in [0.5, 0.6) is 5.75 Å². The Labute approximate surface area is 175 Å². The molecule has 1 fully saturated rings. The molecule has 1 aliphatic rings. The first-order chi connectivity index (χ1) is 14.5. The first kappa shape index (κ1) is 21.1. The molecule has 1 heterocycles. The minimum atomic E-state index is -0.441. The number of nitrogens with zero attached hydrogens (tertiary/aromatic N) is 2. The van der Waals surface area contributed by atoms with E-state index < -0.39 is 5.97 Å². The molecule has 0 bridgehead atoms. The van der Waals surface area contributed by atoms with Crippen molar-refractivity contribution in [3.05, 3.63) is 71.3 Å². The van der Waals surface area contributed by atoms with Gasteiger partial charge in [0.2, 0.25) is 5.91 Å². The Morgan fingerprint density at radius 1 is 0.800 bits per heavy atom. The van der Waals surface area contributed by atoms with Crippen LogP contribution in [0.15, 0.2) is 54.6 Å². The summed E-state index contributed by atoms with van der Waals surface area (Å²) in [5, 5.41) is 0. The first-order valence-corrected chi connectivity index (χ1v) is 9.60. The van der Waals surface area contributed by atoms with E-state index in [0.717, 1.165) is 11.3 Å². The second-order valence-electron chi connectivity index (χ2n) is 6.79. The van der Waals surface area contributed by atoms with Crippen molar-refractivity contribution < 1.29 is 23.9 Å². The summed E-state index contributed by atoms with van der Waals surface area (Å²) in [6.07, 6.45) is 3.31. The number of piperazine rings is 1. The van der Waals surface area contributed by atoms with Gasteiger partial charge in [-0.05, 0) is 48.0 Å². The summed E-state index contributed by atoms with van der Waals surface area (Å²) in [6.45, 7) is 1.86. The standard InChI is InChI=1S/C23H24N2O5/c1-29-20-10-3-17(4-11-20)5-12-21(26)24-13-15-25(16-14-24)22(27)18-6-8-19(9-7-18)23(28)30-2/h3-12H,13-16H2,1-2H3/b12-5+. The van der Waals surface area contributed by atoms with E-state index in [1.54, 1.807) is 53.3 Å². The highest BCUT2D eigenvalue weighted by Gasteiger charge is 2.24. The number of rotatable bonds is 5. The van der Waals surface area contributed by atoms with Crippen molar-refractivity contribution in [2.75, 3.05) is 40.4 Å². The molecule has 1 aliphatic heterocycles. The number of benzene rings is 2. The molecular formula is C23H24N2O5. The summed E-state index contributed by atoms with van der Waals surface area (Å²) in [7, 11) is 2.92. The van der Waals surface area contributed by atoms with Crippen LogP contribution in [-0.4, -0.2) is 68.0 Å². The molecule has 0 N–H and O–H groups in total. The molecule has 0 spiro atoms. The second-order valence-corrected chi connectivity index (χ2v) is 6.79. The smallest absolute Gasteiger partial charge is 0.337 e. The van der Waals surface area contributed by atoms with Gasteiger partial charge < -0.3 is 19.3 Å². The molecule has 7 heteroatoms. The van der Waals surface area contributed by atoms with Crippen molar-refractivity contribution in [1.29, 1.82) is 0 Å². The van der Waals surface area contributed by atoms with Crippen LogP contribution in [0.3, 0.4) is 0 Å². The summed E-state index contributed by atoms with van der Waals surface area (Å²) in [5.74, 6) is 0.121. The topological polar surface area (TPSA) is 76.2 Å². The van der Waals surface area contributed by atoms with Crippen LogP contribution in [-0.2, 0) is 9.53 Å². The Balaban J connectivity index is 1.53.